The van der Waals surface area contributed by atoms with E-state index in [1.54, 1.807) is 32.9 Å². The molecule has 3 N–H and O–H groups in total. The summed E-state index contributed by atoms with van der Waals surface area (Å²) in [4.78, 5) is 31.0. The highest BCUT2D eigenvalue weighted by Gasteiger charge is 2.24. The van der Waals surface area contributed by atoms with Crippen LogP contribution in [0, 0.1) is 0 Å². The number of carbonyl (C=O) groups is 2. The quantitative estimate of drug-likeness (QED) is 0.578. The van der Waals surface area contributed by atoms with Crippen LogP contribution in [0.15, 0.2) is 60.0 Å². The van der Waals surface area contributed by atoms with Crippen molar-refractivity contribution >= 4 is 34.2 Å². The summed E-state index contributed by atoms with van der Waals surface area (Å²) in [5.74, 6) is -0.313. The van der Waals surface area contributed by atoms with Gasteiger partial charge in [-0.25, -0.2) is 9.78 Å². The Hall–Kier alpha value is -3.39. The third-order valence-electron chi connectivity index (χ3n) is 4.19. The fourth-order valence-electron chi connectivity index (χ4n) is 2.83. The van der Waals surface area contributed by atoms with Gasteiger partial charge in [-0.2, -0.15) is 0 Å². The number of nitrogens with two attached hydrogens (primary N) is 1. The number of aromatic nitrogens is 1. The van der Waals surface area contributed by atoms with Crippen LogP contribution >= 0.6 is 11.3 Å². The first-order valence-corrected chi connectivity index (χ1v) is 10.7. The molecule has 162 valence electrons. The number of amides is 2. The monoisotopic (exact) mass is 438 g/mol. The molecule has 1 heterocycles. The second-order valence-electron chi connectivity index (χ2n) is 8.02. The maximum atomic E-state index is 12.7. The van der Waals surface area contributed by atoms with E-state index in [0.29, 0.717) is 10.8 Å². The zero-order valence-corrected chi connectivity index (χ0v) is 18.6. The highest BCUT2D eigenvalue weighted by atomic mass is 32.1. The van der Waals surface area contributed by atoms with Crippen LogP contribution in [-0.2, 0) is 16.1 Å². The Balaban J connectivity index is 1.67. The van der Waals surface area contributed by atoms with E-state index in [-0.39, 0.29) is 19.0 Å². The van der Waals surface area contributed by atoms with Gasteiger partial charge in [-0.15, -0.1) is 11.3 Å². The van der Waals surface area contributed by atoms with E-state index in [1.807, 2.05) is 47.8 Å². The third-order valence-corrected chi connectivity index (χ3v) is 4.86. The van der Waals surface area contributed by atoms with E-state index in [4.69, 9.17) is 10.5 Å². The lowest BCUT2D eigenvalue weighted by atomic mass is 10.1. The minimum Gasteiger partial charge on any atom is -0.444 e. The van der Waals surface area contributed by atoms with E-state index in [2.05, 4.69) is 10.3 Å². The van der Waals surface area contributed by atoms with Crippen LogP contribution in [-0.4, -0.2) is 34.0 Å². The Kier molecular flexibility index (Phi) is 6.91. The molecule has 2 amide bonds. The van der Waals surface area contributed by atoms with E-state index in [0.717, 1.165) is 16.8 Å². The summed E-state index contributed by atoms with van der Waals surface area (Å²) in [6.45, 7) is 5.52. The number of benzene rings is 2. The Labute approximate surface area is 185 Å². The average molecular weight is 439 g/mol. The topological polar surface area (TPSA) is 97.5 Å². The van der Waals surface area contributed by atoms with Crippen molar-refractivity contribution in [2.75, 3.05) is 17.6 Å². The largest absolute Gasteiger partial charge is 0.444 e. The van der Waals surface area contributed by atoms with Crippen molar-refractivity contribution in [3.63, 3.8) is 0 Å². The molecule has 0 aliphatic heterocycles. The second kappa shape index (κ2) is 9.61. The molecular formula is C23H26N4O3S. The van der Waals surface area contributed by atoms with Gasteiger partial charge in [0.25, 0.3) is 0 Å². The molecule has 8 heteroatoms. The number of nitrogens with one attached hydrogen (secondary N) is 1. The van der Waals surface area contributed by atoms with Crippen LogP contribution in [0.1, 0.15) is 26.3 Å². The first-order valence-electron chi connectivity index (χ1n) is 9.83. The van der Waals surface area contributed by atoms with Crippen LogP contribution < -0.4 is 11.1 Å². The van der Waals surface area contributed by atoms with E-state index < -0.39 is 11.7 Å². The third kappa shape index (κ3) is 6.82. The van der Waals surface area contributed by atoms with E-state index in [9.17, 15) is 9.59 Å². The normalized spacial score (nSPS) is 11.1. The molecule has 0 aliphatic carbocycles. The van der Waals surface area contributed by atoms with Crippen molar-refractivity contribution < 1.29 is 14.3 Å². The smallest absolute Gasteiger partial charge is 0.411 e. The van der Waals surface area contributed by atoms with Gasteiger partial charge in [-0.3, -0.25) is 9.69 Å². The summed E-state index contributed by atoms with van der Waals surface area (Å²) in [5.41, 5.74) is 8.26. The molecule has 0 atom stereocenters. The number of carbonyl (C=O) groups excluding carboxylic acids is 2. The second-order valence-corrected chi connectivity index (χ2v) is 8.91. The number of hydrogen-bond donors (Lipinski definition) is 2. The number of nitrogen functional groups attached to an aromatic ring is 1. The molecule has 1 aromatic heterocycles. The van der Waals surface area contributed by atoms with Gasteiger partial charge in [-0.1, -0.05) is 42.5 Å². The number of nitrogens with zero attached hydrogens (tertiary/aromatic N) is 2. The van der Waals surface area contributed by atoms with Crippen molar-refractivity contribution in [2.45, 2.75) is 32.9 Å². The van der Waals surface area contributed by atoms with Crippen molar-refractivity contribution in [3.8, 4) is 11.3 Å². The number of ether oxygens (including phenoxy) is 1. The molecule has 3 aromatic rings. The lowest BCUT2D eigenvalue weighted by Crippen LogP contribution is -2.40. The Morgan fingerprint density at radius 2 is 1.77 bits per heavy atom. The van der Waals surface area contributed by atoms with Crippen molar-refractivity contribution in [3.05, 3.63) is 65.5 Å². The number of thiazole rings is 1. The van der Waals surface area contributed by atoms with Crippen LogP contribution in [0.3, 0.4) is 0 Å². The first kappa shape index (κ1) is 22.3. The molecule has 3 rings (SSSR count). The Morgan fingerprint density at radius 1 is 1.10 bits per heavy atom. The van der Waals surface area contributed by atoms with Gasteiger partial charge in [0.15, 0.2) is 5.13 Å². The molecule has 0 spiro atoms. The van der Waals surface area contributed by atoms with Crippen LogP contribution in [0.5, 0.6) is 0 Å². The lowest BCUT2D eigenvalue weighted by molar-refractivity contribution is -0.117. The lowest BCUT2D eigenvalue weighted by Gasteiger charge is -2.27. The molecule has 31 heavy (non-hydrogen) atoms. The van der Waals surface area contributed by atoms with Gasteiger partial charge in [0.05, 0.1) is 5.69 Å². The summed E-state index contributed by atoms with van der Waals surface area (Å²) >= 11 is 1.38. The first-order chi connectivity index (χ1) is 14.7. The number of hydrogen-bond acceptors (Lipinski definition) is 6. The van der Waals surface area contributed by atoms with E-state index >= 15 is 0 Å². The van der Waals surface area contributed by atoms with Gasteiger partial charge < -0.3 is 15.8 Å². The summed E-state index contributed by atoms with van der Waals surface area (Å²) in [5, 5.41) is 5.22. The highest BCUT2D eigenvalue weighted by molar-refractivity contribution is 7.13. The SMILES string of the molecule is CC(C)(C)OC(=O)N(CC(=O)Nc1ccc(-c2csc(N)n2)cc1)Cc1ccccc1. The molecule has 0 unspecified atom stereocenters. The van der Waals surface area contributed by atoms with Crippen LogP contribution in [0.25, 0.3) is 11.3 Å². The van der Waals surface area contributed by atoms with Crippen LogP contribution in [0.4, 0.5) is 15.6 Å². The predicted octanol–water partition coefficient (Wildman–Crippen LogP) is 4.77. The molecule has 2 aromatic carbocycles. The number of anilines is 2. The van der Waals surface area contributed by atoms with Gasteiger partial charge in [0.1, 0.15) is 12.1 Å². The van der Waals surface area contributed by atoms with Crippen LogP contribution in [0.2, 0.25) is 0 Å². The Morgan fingerprint density at radius 3 is 2.35 bits per heavy atom. The van der Waals surface area contributed by atoms with Gasteiger partial charge in [0, 0.05) is 23.2 Å². The highest BCUT2D eigenvalue weighted by Crippen LogP contribution is 2.24. The van der Waals surface area contributed by atoms with Gasteiger partial charge >= 0.3 is 6.09 Å². The Bertz CT molecular complexity index is 1030. The van der Waals surface area contributed by atoms with E-state index in [1.165, 1.54) is 16.2 Å². The summed E-state index contributed by atoms with van der Waals surface area (Å²) < 4.78 is 5.48. The minimum absolute atomic E-state index is 0.131. The molecule has 7 nitrogen and oxygen atoms in total. The molecular weight excluding hydrogens is 412 g/mol. The van der Waals surface area contributed by atoms with Gasteiger partial charge in [0.2, 0.25) is 5.91 Å². The average Bonchev–Trinajstić information content (AvgIpc) is 3.14. The molecule has 0 saturated heterocycles. The summed E-state index contributed by atoms with van der Waals surface area (Å²) in [6, 6.07) is 16.8. The summed E-state index contributed by atoms with van der Waals surface area (Å²) in [6.07, 6.45) is -0.539. The fraction of sp³-hybridized carbons (Fsp3) is 0.261. The standard InChI is InChI=1S/C23H26N4O3S/c1-23(2,3)30-22(29)27(13-16-7-5-4-6-8-16)14-20(28)25-18-11-9-17(10-12-18)19-15-31-21(24)26-19/h4-12,15H,13-14H2,1-3H3,(H2,24,26)(H,25,28). The summed E-state index contributed by atoms with van der Waals surface area (Å²) in [7, 11) is 0. The molecule has 0 radical (unpaired) electrons. The number of rotatable bonds is 6. The zero-order valence-electron chi connectivity index (χ0n) is 17.8. The fourth-order valence-corrected chi connectivity index (χ4v) is 3.41. The van der Waals surface area contributed by atoms with Crippen molar-refractivity contribution in [2.24, 2.45) is 0 Å². The molecule has 0 aliphatic rings. The zero-order chi connectivity index (χ0) is 22.4. The van der Waals surface area contributed by atoms with Crippen molar-refractivity contribution in [1.29, 1.82) is 0 Å². The molecule has 0 fully saturated rings. The minimum atomic E-state index is -0.655. The maximum Gasteiger partial charge on any atom is 0.411 e. The predicted molar refractivity (Wildman–Crippen MR) is 124 cm³/mol. The van der Waals surface area contributed by atoms with Gasteiger partial charge in [-0.05, 0) is 38.5 Å². The van der Waals surface area contributed by atoms with Crippen molar-refractivity contribution in [1.82, 2.24) is 9.88 Å². The molecule has 0 saturated carbocycles. The maximum absolute atomic E-state index is 12.7. The molecule has 0 bridgehead atoms.